The van der Waals surface area contributed by atoms with E-state index in [-0.39, 0.29) is 30.1 Å². The van der Waals surface area contributed by atoms with Crippen LogP contribution in [0.4, 0.5) is 18.0 Å². The van der Waals surface area contributed by atoms with Gasteiger partial charge in [0, 0.05) is 48.8 Å². The molecule has 1 rings (SSSR count). The number of alkyl halides is 3. The fourth-order valence-corrected chi connectivity index (χ4v) is 1.75. The predicted octanol–water partition coefficient (Wildman–Crippen LogP) is 1.25. The van der Waals surface area contributed by atoms with Crippen molar-refractivity contribution >= 4 is 32.4 Å². The SMILES string of the molecule is O=C(I)N1CCN(C(=O)C(F)(F)F)CC1. The second-order valence-electron chi connectivity index (χ2n) is 3.03. The molecule has 0 aromatic heterocycles. The smallest absolute Gasteiger partial charge is 0.331 e. The number of rotatable bonds is 0. The lowest BCUT2D eigenvalue weighted by atomic mass is 10.3. The van der Waals surface area contributed by atoms with Crippen LogP contribution in [0.1, 0.15) is 0 Å². The molecule has 1 heterocycles. The molecule has 0 aromatic rings. The lowest BCUT2D eigenvalue weighted by Crippen LogP contribution is -2.52. The van der Waals surface area contributed by atoms with Crippen LogP contribution in [0.5, 0.6) is 0 Å². The molecular weight excluding hydrogens is 328 g/mol. The Morgan fingerprint density at radius 2 is 1.40 bits per heavy atom. The van der Waals surface area contributed by atoms with Crippen LogP contribution < -0.4 is 0 Å². The highest BCUT2D eigenvalue weighted by Gasteiger charge is 2.43. The zero-order valence-electron chi connectivity index (χ0n) is 7.55. The Morgan fingerprint density at radius 1 is 1.00 bits per heavy atom. The quantitative estimate of drug-likeness (QED) is 0.380. The summed E-state index contributed by atoms with van der Waals surface area (Å²) in [6.45, 7) is 0.188. The summed E-state index contributed by atoms with van der Waals surface area (Å²) >= 11 is 1.56. The third-order valence-electron chi connectivity index (χ3n) is 2.06. The van der Waals surface area contributed by atoms with E-state index < -0.39 is 12.1 Å². The molecule has 0 atom stereocenters. The molecule has 0 unspecified atom stereocenters. The zero-order valence-corrected chi connectivity index (χ0v) is 9.71. The first kappa shape index (κ1) is 12.5. The van der Waals surface area contributed by atoms with Gasteiger partial charge in [0.05, 0.1) is 0 Å². The Balaban J connectivity index is 2.51. The Bertz CT molecular complexity index is 274. The molecule has 1 saturated heterocycles. The van der Waals surface area contributed by atoms with E-state index in [1.165, 1.54) is 4.90 Å². The number of hydrogen-bond donors (Lipinski definition) is 0. The first-order valence-electron chi connectivity index (χ1n) is 4.13. The Labute approximate surface area is 97.5 Å². The lowest BCUT2D eigenvalue weighted by Gasteiger charge is -2.33. The number of halogens is 4. The fraction of sp³-hybridized carbons (Fsp3) is 0.714. The van der Waals surface area contributed by atoms with Gasteiger partial charge in [0.2, 0.25) is 0 Å². The molecule has 0 bridgehead atoms. The van der Waals surface area contributed by atoms with Crippen LogP contribution in [0, 0.1) is 0 Å². The van der Waals surface area contributed by atoms with E-state index in [2.05, 4.69) is 0 Å². The molecule has 0 aliphatic carbocycles. The van der Waals surface area contributed by atoms with E-state index in [1.807, 2.05) is 0 Å². The van der Waals surface area contributed by atoms with E-state index in [0.717, 1.165) is 4.90 Å². The van der Waals surface area contributed by atoms with E-state index in [0.29, 0.717) is 0 Å². The summed E-state index contributed by atoms with van der Waals surface area (Å²) in [5.41, 5.74) is 0. The van der Waals surface area contributed by atoms with Crippen molar-refractivity contribution < 1.29 is 22.8 Å². The largest absolute Gasteiger partial charge is 0.471 e. The molecule has 0 N–H and O–H groups in total. The van der Waals surface area contributed by atoms with Gasteiger partial charge in [-0.1, -0.05) is 0 Å². The van der Waals surface area contributed by atoms with Crippen molar-refractivity contribution in [1.82, 2.24) is 9.80 Å². The number of carbonyl (C=O) groups is 2. The average Bonchev–Trinajstić information content (AvgIpc) is 2.15. The van der Waals surface area contributed by atoms with E-state index >= 15 is 0 Å². The maximum atomic E-state index is 12.0. The van der Waals surface area contributed by atoms with Gasteiger partial charge in [-0.15, -0.1) is 0 Å². The minimum absolute atomic E-state index is 0.0624. The summed E-state index contributed by atoms with van der Waals surface area (Å²) in [5.74, 6) is -1.83. The van der Waals surface area contributed by atoms with Gasteiger partial charge < -0.3 is 9.80 Å². The van der Waals surface area contributed by atoms with Gasteiger partial charge in [-0.2, -0.15) is 13.2 Å². The Hall–Kier alpha value is -0.540. The zero-order chi connectivity index (χ0) is 11.6. The third-order valence-corrected chi connectivity index (χ3v) is 2.74. The summed E-state index contributed by atoms with van der Waals surface area (Å²) in [7, 11) is 0. The van der Waals surface area contributed by atoms with Crippen LogP contribution in [-0.2, 0) is 4.79 Å². The summed E-state index contributed by atoms with van der Waals surface area (Å²) in [6.07, 6.45) is -4.82. The fourth-order valence-electron chi connectivity index (χ4n) is 1.26. The number of nitrogens with zero attached hydrogens (tertiary/aromatic N) is 2. The molecule has 15 heavy (non-hydrogen) atoms. The molecule has 0 saturated carbocycles. The molecule has 4 nitrogen and oxygen atoms in total. The summed E-state index contributed by atoms with van der Waals surface area (Å²) in [5, 5.41) is 0. The number of piperazine rings is 1. The summed E-state index contributed by atoms with van der Waals surface area (Å²) in [4.78, 5) is 23.8. The van der Waals surface area contributed by atoms with E-state index in [1.54, 1.807) is 22.6 Å². The van der Waals surface area contributed by atoms with Crippen LogP contribution in [0.25, 0.3) is 0 Å². The number of hydrogen-bond acceptors (Lipinski definition) is 2. The maximum absolute atomic E-state index is 12.0. The maximum Gasteiger partial charge on any atom is 0.471 e. The van der Waals surface area contributed by atoms with Gasteiger partial charge in [0.1, 0.15) is 0 Å². The molecule has 1 fully saturated rings. The van der Waals surface area contributed by atoms with Crippen LogP contribution in [-0.4, -0.2) is 52.0 Å². The van der Waals surface area contributed by atoms with Gasteiger partial charge in [0.15, 0.2) is 0 Å². The van der Waals surface area contributed by atoms with Crippen LogP contribution in [0.2, 0.25) is 0 Å². The highest BCUT2D eigenvalue weighted by Crippen LogP contribution is 2.19. The highest BCUT2D eigenvalue weighted by molar-refractivity contribution is 14.1. The minimum atomic E-state index is -4.82. The topological polar surface area (TPSA) is 40.6 Å². The molecule has 1 aliphatic rings. The summed E-state index contributed by atoms with van der Waals surface area (Å²) in [6, 6.07) is 0. The molecule has 2 amide bonds. The van der Waals surface area contributed by atoms with Crippen molar-refractivity contribution in [2.45, 2.75) is 6.18 Å². The third kappa shape index (κ3) is 3.21. The molecule has 0 spiro atoms. The lowest BCUT2D eigenvalue weighted by molar-refractivity contribution is -0.186. The van der Waals surface area contributed by atoms with E-state index in [9.17, 15) is 22.8 Å². The van der Waals surface area contributed by atoms with Crippen molar-refractivity contribution in [3.8, 4) is 0 Å². The Kier molecular flexibility index (Phi) is 3.79. The summed E-state index contributed by atoms with van der Waals surface area (Å²) < 4.78 is 35.8. The van der Waals surface area contributed by atoms with Crippen LogP contribution in [0.3, 0.4) is 0 Å². The highest BCUT2D eigenvalue weighted by atomic mass is 127. The number of amides is 2. The van der Waals surface area contributed by atoms with Crippen molar-refractivity contribution in [2.75, 3.05) is 26.2 Å². The minimum Gasteiger partial charge on any atom is -0.331 e. The first-order valence-corrected chi connectivity index (χ1v) is 5.21. The molecule has 8 heteroatoms. The molecular formula is C7H8F3IN2O2. The van der Waals surface area contributed by atoms with Crippen LogP contribution >= 0.6 is 22.6 Å². The van der Waals surface area contributed by atoms with Gasteiger partial charge in [-0.3, -0.25) is 9.59 Å². The van der Waals surface area contributed by atoms with Crippen molar-refractivity contribution in [3.63, 3.8) is 0 Å². The van der Waals surface area contributed by atoms with Crippen molar-refractivity contribution in [2.24, 2.45) is 0 Å². The first-order chi connectivity index (χ1) is 6.82. The Morgan fingerprint density at radius 3 is 1.73 bits per heavy atom. The predicted molar refractivity (Wildman–Crippen MR) is 53.6 cm³/mol. The molecule has 1 aliphatic heterocycles. The van der Waals surface area contributed by atoms with Gasteiger partial charge in [-0.25, -0.2) is 0 Å². The molecule has 0 aromatic carbocycles. The number of carbonyl (C=O) groups excluding carboxylic acids is 2. The van der Waals surface area contributed by atoms with Gasteiger partial charge in [0.25, 0.3) is 3.91 Å². The van der Waals surface area contributed by atoms with E-state index in [4.69, 9.17) is 0 Å². The normalized spacial score (nSPS) is 17.9. The molecule has 0 radical (unpaired) electrons. The van der Waals surface area contributed by atoms with Crippen molar-refractivity contribution in [1.29, 1.82) is 0 Å². The average molecular weight is 336 g/mol. The monoisotopic (exact) mass is 336 g/mol. The second kappa shape index (κ2) is 4.54. The second-order valence-corrected chi connectivity index (χ2v) is 3.95. The van der Waals surface area contributed by atoms with Crippen LogP contribution in [0.15, 0.2) is 0 Å². The molecule has 86 valence electrons. The van der Waals surface area contributed by atoms with Crippen molar-refractivity contribution in [3.05, 3.63) is 0 Å². The van der Waals surface area contributed by atoms with Gasteiger partial charge in [-0.05, 0) is 0 Å². The standard InChI is InChI=1S/C7H8F3IN2O2/c8-7(9,10)5(14)12-1-3-13(4-2-12)6(11)15/h1-4H2. The van der Waals surface area contributed by atoms with Gasteiger partial charge >= 0.3 is 12.1 Å².